The van der Waals surface area contributed by atoms with Crippen LogP contribution in [0.25, 0.3) is 0 Å². The predicted molar refractivity (Wildman–Crippen MR) is 125 cm³/mol. The van der Waals surface area contributed by atoms with E-state index in [9.17, 15) is 0 Å². The number of nitrogens with zero attached hydrogens (tertiary/aromatic N) is 4. The number of ether oxygens (including phenoxy) is 1. The molecule has 7 heteroatoms. The van der Waals surface area contributed by atoms with E-state index in [1.807, 2.05) is 25.0 Å². The van der Waals surface area contributed by atoms with E-state index in [4.69, 9.17) is 4.74 Å². The van der Waals surface area contributed by atoms with Gasteiger partial charge in [0.2, 0.25) is 0 Å². The molecule has 1 aliphatic heterocycles. The summed E-state index contributed by atoms with van der Waals surface area (Å²) in [6.07, 6.45) is 10.2. The molecule has 1 saturated carbocycles. The number of aryl methyl sites for hydroxylation is 1. The minimum absolute atomic E-state index is 0. The third-order valence-corrected chi connectivity index (χ3v) is 6.38. The maximum atomic E-state index is 6.09. The lowest BCUT2D eigenvalue weighted by atomic mass is 9.64. The van der Waals surface area contributed by atoms with Gasteiger partial charge in [-0.2, -0.15) is 5.10 Å². The first-order chi connectivity index (χ1) is 12.9. The Kier molecular flexibility index (Phi) is 8.60. The zero-order chi connectivity index (χ0) is 19.4. The van der Waals surface area contributed by atoms with E-state index in [-0.39, 0.29) is 29.4 Å². The predicted octanol–water partition coefficient (Wildman–Crippen LogP) is 3.46. The van der Waals surface area contributed by atoms with Gasteiger partial charge in [-0.25, -0.2) is 0 Å². The molecule has 0 amide bonds. The summed E-state index contributed by atoms with van der Waals surface area (Å²) in [5, 5.41) is 8.02. The lowest BCUT2D eigenvalue weighted by Gasteiger charge is -2.52. The maximum Gasteiger partial charge on any atom is 0.193 e. The van der Waals surface area contributed by atoms with Crippen LogP contribution in [0.5, 0.6) is 0 Å². The molecule has 1 N–H and O–H groups in total. The molecule has 2 heterocycles. The number of aliphatic imine (C=N–C) groups is 1. The number of halogens is 1. The van der Waals surface area contributed by atoms with Gasteiger partial charge in [-0.1, -0.05) is 27.2 Å². The third kappa shape index (κ3) is 5.40. The summed E-state index contributed by atoms with van der Waals surface area (Å²) >= 11 is 0. The third-order valence-electron chi connectivity index (χ3n) is 6.38. The molecule has 0 spiro atoms. The van der Waals surface area contributed by atoms with Gasteiger partial charge in [0, 0.05) is 51.4 Å². The fraction of sp³-hybridized carbons (Fsp3) is 0.810. The molecule has 3 unspecified atom stereocenters. The molecule has 2 aliphatic rings. The van der Waals surface area contributed by atoms with Crippen LogP contribution in [0, 0.1) is 11.3 Å². The fourth-order valence-electron chi connectivity index (χ4n) is 4.34. The van der Waals surface area contributed by atoms with Crippen molar-refractivity contribution in [3.05, 3.63) is 18.0 Å². The molecular weight excluding hydrogens is 465 g/mol. The van der Waals surface area contributed by atoms with Crippen molar-refractivity contribution in [3.63, 3.8) is 0 Å². The number of guanidine groups is 1. The zero-order valence-electron chi connectivity index (χ0n) is 18.1. The van der Waals surface area contributed by atoms with Crippen LogP contribution in [0.15, 0.2) is 17.4 Å². The smallest absolute Gasteiger partial charge is 0.193 e. The van der Waals surface area contributed by atoms with Crippen LogP contribution in [0.1, 0.15) is 52.0 Å². The Morgan fingerprint density at radius 1 is 1.43 bits per heavy atom. The Balaban J connectivity index is 0.00000280. The second-order valence-electron chi connectivity index (χ2n) is 8.84. The Morgan fingerprint density at radius 2 is 2.21 bits per heavy atom. The van der Waals surface area contributed by atoms with Crippen LogP contribution in [0.2, 0.25) is 0 Å². The fourth-order valence-corrected chi connectivity index (χ4v) is 4.34. The number of aromatic nitrogens is 2. The normalized spacial score (nSPS) is 26.7. The lowest BCUT2D eigenvalue weighted by molar-refractivity contribution is -0.114. The molecule has 1 aromatic heterocycles. The van der Waals surface area contributed by atoms with Gasteiger partial charge in [0.1, 0.15) is 0 Å². The van der Waals surface area contributed by atoms with Crippen molar-refractivity contribution < 1.29 is 4.74 Å². The van der Waals surface area contributed by atoms with Crippen LogP contribution < -0.4 is 5.32 Å². The molecule has 6 nitrogen and oxygen atoms in total. The van der Waals surface area contributed by atoms with E-state index in [0.717, 1.165) is 44.9 Å². The summed E-state index contributed by atoms with van der Waals surface area (Å²) in [4.78, 5) is 7.00. The number of hydrogen-bond acceptors (Lipinski definition) is 3. The molecule has 160 valence electrons. The molecular formula is C21H38IN5O. The van der Waals surface area contributed by atoms with E-state index in [0.29, 0.717) is 18.1 Å². The van der Waals surface area contributed by atoms with Crippen molar-refractivity contribution in [2.45, 2.75) is 65.0 Å². The minimum Gasteiger partial charge on any atom is -0.378 e. The van der Waals surface area contributed by atoms with Gasteiger partial charge in [0.25, 0.3) is 0 Å². The van der Waals surface area contributed by atoms with Crippen molar-refractivity contribution in [1.82, 2.24) is 20.0 Å². The van der Waals surface area contributed by atoms with Crippen LogP contribution in [-0.2, 0) is 18.2 Å². The van der Waals surface area contributed by atoms with Crippen molar-refractivity contribution in [2.24, 2.45) is 23.4 Å². The number of rotatable bonds is 7. The van der Waals surface area contributed by atoms with Gasteiger partial charge in [-0.05, 0) is 37.2 Å². The summed E-state index contributed by atoms with van der Waals surface area (Å²) in [7, 11) is 3.88. The monoisotopic (exact) mass is 503 g/mol. The molecule has 0 bridgehead atoms. The number of unbranched alkanes of at least 4 members (excludes halogenated alkanes) is 1. The van der Waals surface area contributed by atoms with Gasteiger partial charge in [0.05, 0.1) is 12.3 Å². The van der Waals surface area contributed by atoms with Crippen LogP contribution in [-0.4, -0.2) is 59.5 Å². The van der Waals surface area contributed by atoms with Gasteiger partial charge >= 0.3 is 0 Å². The van der Waals surface area contributed by atoms with E-state index >= 15 is 0 Å². The van der Waals surface area contributed by atoms with Crippen LogP contribution in [0.4, 0.5) is 0 Å². The largest absolute Gasteiger partial charge is 0.378 e. The van der Waals surface area contributed by atoms with Gasteiger partial charge in [-0.3, -0.25) is 9.67 Å². The molecule has 3 rings (SSSR count). The summed E-state index contributed by atoms with van der Waals surface area (Å²) in [5.41, 5.74) is 1.48. The van der Waals surface area contributed by atoms with Crippen molar-refractivity contribution in [1.29, 1.82) is 0 Å². The van der Waals surface area contributed by atoms with E-state index in [2.05, 4.69) is 47.3 Å². The number of nitrogens with one attached hydrogen (secondary N) is 1. The molecule has 1 saturated heterocycles. The Bertz CT molecular complexity index is 644. The van der Waals surface area contributed by atoms with Crippen LogP contribution >= 0.6 is 24.0 Å². The minimum atomic E-state index is 0. The Hall–Kier alpha value is -0.830. The average molecular weight is 503 g/mol. The molecule has 2 fully saturated rings. The highest BCUT2D eigenvalue weighted by Crippen LogP contribution is 2.43. The van der Waals surface area contributed by atoms with E-state index in [1.165, 1.54) is 18.4 Å². The summed E-state index contributed by atoms with van der Waals surface area (Å²) in [6, 6.07) is 0.431. The summed E-state index contributed by atoms with van der Waals surface area (Å²) in [5.74, 6) is 1.72. The van der Waals surface area contributed by atoms with Crippen LogP contribution in [0.3, 0.4) is 0 Å². The average Bonchev–Trinajstić information content (AvgIpc) is 3.26. The number of hydrogen-bond donors (Lipinski definition) is 1. The topological polar surface area (TPSA) is 54.7 Å². The molecule has 1 aromatic rings. The molecule has 1 aliphatic carbocycles. The molecule has 0 radical (unpaired) electrons. The molecule has 28 heavy (non-hydrogen) atoms. The second-order valence-corrected chi connectivity index (χ2v) is 8.84. The van der Waals surface area contributed by atoms with E-state index < -0.39 is 0 Å². The van der Waals surface area contributed by atoms with Gasteiger partial charge in [-0.15, -0.1) is 24.0 Å². The van der Waals surface area contributed by atoms with Gasteiger partial charge in [0.15, 0.2) is 5.96 Å². The summed E-state index contributed by atoms with van der Waals surface area (Å²) in [6.45, 7) is 9.86. The van der Waals surface area contributed by atoms with Gasteiger partial charge < -0.3 is 15.0 Å². The van der Waals surface area contributed by atoms with Crippen molar-refractivity contribution in [2.75, 3.05) is 26.7 Å². The zero-order valence-corrected chi connectivity index (χ0v) is 20.5. The lowest BCUT2D eigenvalue weighted by Crippen LogP contribution is -2.63. The number of likely N-dealkylation sites (tertiary alicyclic amines) is 1. The van der Waals surface area contributed by atoms with E-state index in [1.54, 1.807) is 0 Å². The second kappa shape index (κ2) is 10.3. The quantitative estimate of drug-likeness (QED) is 0.268. The SMILES string of the molecule is CCCCOC1CC(NC(=NC)N2CCC(Cc3cnn(C)c3)C2)C1(C)C.I. The first kappa shape index (κ1) is 23.4. The first-order valence-electron chi connectivity index (χ1n) is 10.5. The Labute approximate surface area is 187 Å². The highest BCUT2D eigenvalue weighted by molar-refractivity contribution is 14.0. The molecule has 3 atom stereocenters. The maximum absolute atomic E-state index is 6.09. The van der Waals surface area contributed by atoms with Crippen molar-refractivity contribution >= 4 is 29.9 Å². The standard InChI is InChI=1S/C21H37N5O.HI/c1-6-7-10-27-19-12-18(21(19,2)3)24-20(22-4)26-9-8-16(15-26)11-17-13-23-25(5)14-17;/h13-14,16,18-19H,6-12,15H2,1-5H3,(H,22,24);1H. The summed E-state index contributed by atoms with van der Waals surface area (Å²) < 4.78 is 7.98. The van der Waals surface area contributed by atoms with Crippen molar-refractivity contribution in [3.8, 4) is 0 Å². The first-order valence-corrected chi connectivity index (χ1v) is 10.5. The highest BCUT2D eigenvalue weighted by atomic mass is 127. The highest BCUT2D eigenvalue weighted by Gasteiger charge is 2.49. The Morgan fingerprint density at radius 3 is 2.82 bits per heavy atom. The molecule has 0 aromatic carbocycles.